The highest BCUT2D eigenvalue weighted by atomic mass is 16.5. The average Bonchev–Trinajstić information content (AvgIpc) is 2.53. The minimum atomic E-state index is 0.860. The van der Waals surface area contributed by atoms with Crippen LogP contribution in [0.2, 0.25) is 0 Å². The van der Waals surface area contributed by atoms with Crippen molar-refractivity contribution in [1.29, 1.82) is 0 Å². The fourth-order valence-electron chi connectivity index (χ4n) is 3.08. The zero-order valence-electron chi connectivity index (χ0n) is 11.4. The van der Waals surface area contributed by atoms with Crippen molar-refractivity contribution in [3.8, 4) is 0 Å². The molecule has 1 aliphatic heterocycles. The Kier molecular flexibility index (Phi) is 2.93. The van der Waals surface area contributed by atoms with Crippen LogP contribution in [0.15, 0.2) is 54.6 Å². The first-order valence-electron chi connectivity index (χ1n) is 7.32. The third-order valence-corrected chi connectivity index (χ3v) is 4.12. The van der Waals surface area contributed by atoms with Crippen molar-refractivity contribution in [2.45, 2.75) is 19.3 Å². The second kappa shape index (κ2) is 4.92. The van der Waals surface area contributed by atoms with Crippen LogP contribution >= 0.6 is 0 Å². The second-order valence-electron chi connectivity index (χ2n) is 5.45. The van der Waals surface area contributed by atoms with Gasteiger partial charge in [0.25, 0.3) is 0 Å². The lowest BCUT2D eigenvalue weighted by atomic mass is 9.94. The largest absolute Gasteiger partial charge is 0.367 e. The van der Waals surface area contributed by atoms with Crippen LogP contribution in [-0.4, -0.2) is 6.61 Å². The highest BCUT2D eigenvalue weighted by Crippen LogP contribution is 2.33. The summed E-state index contributed by atoms with van der Waals surface area (Å²) in [5.74, 6) is 0. The lowest BCUT2D eigenvalue weighted by Crippen LogP contribution is -2.12. The lowest BCUT2D eigenvalue weighted by molar-refractivity contribution is 0.118. The molecule has 0 aliphatic carbocycles. The van der Waals surface area contributed by atoms with Gasteiger partial charge in [-0.05, 0) is 58.5 Å². The summed E-state index contributed by atoms with van der Waals surface area (Å²) in [5.41, 5.74) is 1.27. The molecule has 0 saturated carbocycles. The molecule has 1 heterocycles. The number of fused-ring (bicyclic) bond motifs is 2. The summed E-state index contributed by atoms with van der Waals surface area (Å²) in [6.07, 6.45) is 4.64. The van der Waals surface area contributed by atoms with Crippen LogP contribution in [0.1, 0.15) is 24.8 Å². The highest BCUT2D eigenvalue weighted by molar-refractivity contribution is 6.00. The molecule has 1 nitrogen and oxygen atoms in total. The van der Waals surface area contributed by atoms with Gasteiger partial charge in [0.2, 0.25) is 0 Å². The van der Waals surface area contributed by atoms with Gasteiger partial charge in [-0.25, -0.2) is 0 Å². The maximum Gasteiger partial charge on any atom is 0.127 e. The summed E-state index contributed by atoms with van der Waals surface area (Å²) in [4.78, 5) is 0. The van der Waals surface area contributed by atoms with Gasteiger partial charge in [-0.2, -0.15) is 0 Å². The Balaban J connectivity index is 1.94. The molecule has 0 aromatic heterocycles. The van der Waals surface area contributed by atoms with Gasteiger partial charge in [0.1, 0.15) is 6.10 Å². The smallest absolute Gasteiger partial charge is 0.127 e. The Bertz CT molecular complexity index is 754. The zero-order chi connectivity index (χ0) is 13.4. The second-order valence-corrected chi connectivity index (χ2v) is 5.45. The maximum atomic E-state index is 5.90. The molecular formula is C19H17O. The molecule has 1 aliphatic rings. The fourth-order valence-corrected chi connectivity index (χ4v) is 3.08. The quantitative estimate of drug-likeness (QED) is 0.555. The predicted octanol–water partition coefficient (Wildman–Crippen LogP) is 5.07. The van der Waals surface area contributed by atoms with Gasteiger partial charge in [0.15, 0.2) is 0 Å². The van der Waals surface area contributed by atoms with Gasteiger partial charge >= 0.3 is 0 Å². The summed E-state index contributed by atoms with van der Waals surface area (Å²) in [5, 5.41) is 5.20. The van der Waals surface area contributed by atoms with Gasteiger partial charge in [-0.3, -0.25) is 0 Å². The Morgan fingerprint density at radius 3 is 2.35 bits per heavy atom. The monoisotopic (exact) mass is 261 g/mol. The predicted molar refractivity (Wildman–Crippen MR) is 83.6 cm³/mol. The summed E-state index contributed by atoms with van der Waals surface area (Å²) in [6, 6.07) is 19.6. The third-order valence-electron chi connectivity index (χ3n) is 4.12. The summed E-state index contributed by atoms with van der Waals surface area (Å²) in [6.45, 7) is 0.860. The van der Waals surface area contributed by atoms with E-state index in [-0.39, 0.29) is 0 Å². The van der Waals surface area contributed by atoms with Crippen molar-refractivity contribution < 1.29 is 4.74 Å². The van der Waals surface area contributed by atoms with Crippen LogP contribution in [0.4, 0.5) is 0 Å². The van der Waals surface area contributed by atoms with Crippen molar-refractivity contribution in [2.75, 3.05) is 6.61 Å². The minimum absolute atomic E-state index is 0.860. The van der Waals surface area contributed by atoms with E-state index in [1.165, 1.54) is 39.9 Å². The Hall–Kier alpha value is -1.86. The normalized spacial score (nSPS) is 16.8. The molecule has 0 spiro atoms. The molecule has 1 radical (unpaired) electrons. The molecule has 20 heavy (non-hydrogen) atoms. The summed E-state index contributed by atoms with van der Waals surface area (Å²) < 4.78 is 5.90. The molecule has 1 heteroatoms. The van der Waals surface area contributed by atoms with Gasteiger partial charge in [-0.1, -0.05) is 42.5 Å². The molecule has 1 saturated heterocycles. The van der Waals surface area contributed by atoms with E-state index in [4.69, 9.17) is 4.74 Å². The lowest BCUT2D eigenvalue weighted by Gasteiger charge is -2.23. The van der Waals surface area contributed by atoms with Crippen molar-refractivity contribution in [3.63, 3.8) is 0 Å². The number of hydrogen-bond acceptors (Lipinski definition) is 1. The number of rotatable bonds is 1. The molecule has 3 aromatic carbocycles. The van der Waals surface area contributed by atoms with E-state index in [9.17, 15) is 0 Å². The highest BCUT2D eigenvalue weighted by Gasteiger charge is 2.19. The molecule has 99 valence electrons. The number of hydrogen-bond donors (Lipinski definition) is 0. The van der Waals surface area contributed by atoms with Crippen LogP contribution in [0.3, 0.4) is 0 Å². The SMILES string of the molecule is c1ccc2cc3c([C]4CCCCO4)cccc3cc2c1. The first-order chi connectivity index (χ1) is 9.92. The Labute approximate surface area is 119 Å². The first-order valence-corrected chi connectivity index (χ1v) is 7.32. The van der Waals surface area contributed by atoms with E-state index in [2.05, 4.69) is 54.6 Å². The van der Waals surface area contributed by atoms with Crippen molar-refractivity contribution in [2.24, 2.45) is 0 Å². The van der Waals surface area contributed by atoms with E-state index in [1.54, 1.807) is 0 Å². The van der Waals surface area contributed by atoms with Crippen LogP contribution in [-0.2, 0) is 4.74 Å². The topological polar surface area (TPSA) is 9.23 Å². The van der Waals surface area contributed by atoms with Crippen molar-refractivity contribution in [3.05, 3.63) is 66.3 Å². The van der Waals surface area contributed by atoms with Crippen LogP contribution in [0.5, 0.6) is 0 Å². The molecule has 0 bridgehead atoms. The molecule has 0 unspecified atom stereocenters. The number of benzene rings is 3. The molecule has 0 N–H and O–H groups in total. The van der Waals surface area contributed by atoms with E-state index in [1.807, 2.05) is 0 Å². The first kappa shape index (κ1) is 11.9. The van der Waals surface area contributed by atoms with Crippen molar-refractivity contribution in [1.82, 2.24) is 0 Å². The average molecular weight is 261 g/mol. The molecule has 3 aromatic rings. The van der Waals surface area contributed by atoms with Gasteiger partial charge in [0.05, 0.1) is 0 Å². The maximum absolute atomic E-state index is 5.90. The summed E-state index contributed by atoms with van der Waals surface area (Å²) in [7, 11) is 0. The van der Waals surface area contributed by atoms with E-state index >= 15 is 0 Å². The van der Waals surface area contributed by atoms with Crippen LogP contribution in [0.25, 0.3) is 21.5 Å². The third kappa shape index (κ3) is 1.99. The zero-order valence-corrected chi connectivity index (χ0v) is 11.4. The number of ether oxygens (including phenoxy) is 1. The minimum Gasteiger partial charge on any atom is -0.367 e. The standard InChI is InChI=1S/C19H17O/c1-2-7-15-13-18-16(12-14(15)6-1)8-5-9-17(18)19-10-3-4-11-20-19/h1-2,5-9,12-13H,3-4,10-11H2. The van der Waals surface area contributed by atoms with Gasteiger partial charge < -0.3 is 4.74 Å². The van der Waals surface area contributed by atoms with E-state index in [0.29, 0.717) is 0 Å². The fraction of sp³-hybridized carbons (Fsp3) is 0.211. The van der Waals surface area contributed by atoms with E-state index < -0.39 is 0 Å². The molecule has 1 fully saturated rings. The van der Waals surface area contributed by atoms with Crippen LogP contribution < -0.4 is 0 Å². The van der Waals surface area contributed by atoms with E-state index in [0.717, 1.165) is 19.1 Å². The van der Waals surface area contributed by atoms with Crippen molar-refractivity contribution >= 4 is 21.5 Å². The van der Waals surface area contributed by atoms with Crippen LogP contribution in [0, 0.1) is 6.10 Å². The van der Waals surface area contributed by atoms with Gasteiger partial charge in [0, 0.05) is 6.61 Å². The molecule has 0 atom stereocenters. The summed E-state index contributed by atoms with van der Waals surface area (Å²) >= 11 is 0. The molecule has 4 rings (SSSR count). The molecule has 0 amide bonds. The Morgan fingerprint density at radius 1 is 0.750 bits per heavy atom. The Morgan fingerprint density at radius 2 is 1.55 bits per heavy atom. The van der Waals surface area contributed by atoms with Gasteiger partial charge in [-0.15, -0.1) is 0 Å². The molecular weight excluding hydrogens is 244 g/mol.